The second-order valence-corrected chi connectivity index (χ2v) is 7.05. The van der Waals surface area contributed by atoms with Crippen LogP contribution >= 0.6 is 0 Å². The number of carbonyl (C=O) groups is 1. The smallest absolute Gasteiger partial charge is 0.246 e. The standard InChI is InChI=1S/C24H23NO/c26-24(16-15-22-11-6-10-21-9-4-5-12-23(21)22)25(18-20-13-14-20)17-19-7-2-1-3-8-19/h1-12,15-16,20H,13-14,17-18H2/b16-15+. The third-order valence-electron chi connectivity index (χ3n) is 4.93. The lowest BCUT2D eigenvalue weighted by Crippen LogP contribution is -2.31. The summed E-state index contributed by atoms with van der Waals surface area (Å²) < 4.78 is 0. The molecule has 4 rings (SSSR count). The predicted octanol–water partition coefficient (Wildman–Crippen LogP) is 5.29. The zero-order valence-electron chi connectivity index (χ0n) is 14.8. The molecular weight excluding hydrogens is 318 g/mol. The molecule has 2 heteroatoms. The topological polar surface area (TPSA) is 20.3 Å². The number of nitrogens with zero attached hydrogens (tertiary/aromatic N) is 1. The Morgan fingerprint density at radius 1 is 0.923 bits per heavy atom. The van der Waals surface area contributed by atoms with Crippen molar-refractivity contribution in [1.29, 1.82) is 0 Å². The lowest BCUT2D eigenvalue weighted by molar-refractivity contribution is -0.126. The number of amides is 1. The van der Waals surface area contributed by atoms with E-state index in [1.807, 2.05) is 47.4 Å². The summed E-state index contributed by atoms with van der Waals surface area (Å²) in [7, 11) is 0. The summed E-state index contributed by atoms with van der Waals surface area (Å²) in [4.78, 5) is 14.8. The minimum Gasteiger partial charge on any atom is -0.335 e. The van der Waals surface area contributed by atoms with Gasteiger partial charge in [0.15, 0.2) is 0 Å². The maximum atomic E-state index is 12.9. The highest BCUT2D eigenvalue weighted by atomic mass is 16.2. The Labute approximate surface area is 154 Å². The van der Waals surface area contributed by atoms with Crippen LogP contribution in [-0.2, 0) is 11.3 Å². The van der Waals surface area contributed by atoms with Gasteiger partial charge in [-0.3, -0.25) is 4.79 Å². The first-order valence-corrected chi connectivity index (χ1v) is 9.28. The van der Waals surface area contributed by atoms with Crippen LogP contribution in [0.3, 0.4) is 0 Å². The third kappa shape index (κ3) is 4.02. The molecule has 1 amide bonds. The number of carbonyl (C=O) groups excluding carboxylic acids is 1. The van der Waals surface area contributed by atoms with Crippen LogP contribution in [-0.4, -0.2) is 17.4 Å². The molecule has 0 saturated heterocycles. The van der Waals surface area contributed by atoms with Gasteiger partial charge in [0.1, 0.15) is 0 Å². The summed E-state index contributed by atoms with van der Waals surface area (Å²) in [5.74, 6) is 0.766. The highest BCUT2D eigenvalue weighted by Crippen LogP contribution is 2.30. The summed E-state index contributed by atoms with van der Waals surface area (Å²) >= 11 is 0. The van der Waals surface area contributed by atoms with E-state index in [0.717, 1.165) is 12.1 Å². The molecule has 3 aromatic rings. The van der Waals surface area contributed by atoms with Crippen LogP contribution in [0.1, 0.15) is 24.0 Å². The van der Waals surface area contributed by atoms with Crippen molar-refractivity contribution in [3.63, 3.8) is 0 Å². The van der Waals surface area contributed by atoms with Crippen LogP contribution in [0.5, 0.6) is 0 Å². The third-order valence-corrected chi connectivity index (χ3v) is 4.93. The van der Waals surface area contributed by atoms with E-state index in [1.54, 1.807) is 6.08 Å². The number of fused-ring (bicyclic) bond motifs is 1. The van der Waals surface area contributed by atoms with Gasteiger partial charge in [0, 0.05) is 19.2 Å². The number of hydrogen-bond acceptors (Lipinski definition) is 1. The number of rotatable bonds is 6. The molecule has 0 unspecified atom stereocenters. The highest BCUT2D eigenvalue weighted by molar-refractivity contribution is 5.96. The molecule has 0 aliphatic heterocycles. The predicted molar refractivity (Wildman–Crippen MR) is 108 cm³/mol. The summed E-state index contributed by atoms with van der Waals surface area (Å²) in [5, 5.41) is 2.37. The van der Waals surface area contributed by atoms with Crippen LogP contribution in [0, 0.1) is 5.92 Å². The first-order valence-electron chi connectivity index (χ1n) is 9.28. The molecular formula is C24H23NO. The largest absolute Gasteiger partial charge is 0.335 e. The first-order chi connectivity index (χ1) is 12.8. The van der Waals surface area contributed by atoms with Gasteiger partial charge in [-0.05, 0) is 46.7 Å². The van der Waals surface area contributed by atoms with Gasteiger partial charge < -0.3 is 4.90 Å². The average molecular weight is 341 g/mol. The van der Waals surface area contributed by atoms with E-state index in [4.69, 9.17) is 0 Å². The Hall–Kier alpha value is -2.87. The summed E-state index contributed by atoms with van der Waals surface area (Å²) in [6.45, 7) is 1.53. The van der Waals surface area contributed by atoms with Crippen LogP contribution in [0.2, 0.25) is 0 Å². The fourth-order valence-corrected chi connectivity index (χ4v) is 3.31. The number of hydrogen-bond donors (Lipinski definition) is 0. The SMILES string of the molecule is O=C(/C=C/c1cccc2ccccc12)N(Cc1ccccc1)CC1CC1. The molecule has 0 aromatic heterocycles. The maximum absolute atomic E-state index is 12.9. The van der Waals surface area contributed by atoms with Crippen molar-refractivity contribution in [2.75, 3.05) is 6.54 Å². The highest BCUT2D eigenvalue weighted by Gasteiger charge is 2.26. The molecule has 0 spiro atoms. The normalized spacial score (nSPS) is 14.0. The second kappa shape index (κ2) is 7.57. The molecule has 130 valence electrons. The molecule has 0 bridgehead atoms. The molecule has 1 aliphatic carbocycles. The van der Waals surface area contributed by atoms with E-state index < -0.39 is 0 Å². The maximum Gasteiger partial charge on any atom is 0.246 e. The van der Waals surface area contributed by atoms with E-state index in [1.165, 1.54) is 29.2 Å². The fourth-order valence-electron chi connectivity index (χ4n) is 3.31. The zero-order chi connectivity index (χ0) is 17.8. The van der Waals surface area contributed by atoms with E-state index in [2.05, 4.69) is 36.4 Å². The van der Waals surface area contributed by atoms with E-state index >= 15 is 0 Å². The van der Waals surface area contributed by atoms with E-state index in [-0.39, 0.29) is 5.91 Å². The molecule has 2 nitrogen and oxygen atoms in total. The summed E-state index contributed by atoms with van der Waals surface area (Å²) in [6, 6.07) is 24.7. The first kappa shape index (κ1) is 16.6. The molecule has 3 aromatic carbocycles. The summed E-state index contributed by atoms with van der Waals surface area (Å²) in [5.41, 5.74) is 2.27. The van der Waals surface area contributed by atoms with Crippen molar-refractivity contribution in [2.24, 2.45) is 5.92 Å². The zero-order valence-corrected chi connectivity index (χ0v) is 14.8. The van der Waals surface area contributed by atoms with Gasteiger partial charge in [-0.2, -0.15) is 0 Å². The van der Waals surface area contributed by atoms with Gasteiger partial charge >= 0.3 is 0 Å². The van der Waals surface area contributed by atoms with Crippen LogP contribution in [0.25, 0.3) is 16.8 Å². The fraction of sp³-hybridized carbons (Fsp3) is 0.208. The summed E-state index contributed by atoms with van der Waals surface area (Å²) in [6.07, 6.45) is 6.17. The Kier molecular flexibility index (Phi) is 4.83. The molecule has 26 heavy (non-hydrogen) atoms. The van der Waals surface area contributed by atoms with E-state index in [9.17, 15) is 4.79 Å². The monoisotopic (exact) mass is 341 g/mol. The number of benzene rings is 3. The van der Waals surface area contributed by atoms with Gasteiger partial charge in [0.25, 0.3) is 0 Å². The van der Waals surface area contributed by atoms with Gasteiger partial charge in [0.05, 0.1) is 0 Å². The molecule has 0 radical (unpaired) electrons. The van der Waals surface area contributed by atoms with Crippen LogP contribution < -0.4 is 0 Å². The molecule has 0 atom stereocenters. The van der Waals surface area contributed by atoms with Crippen molar-refractivity contribution in [3.05, 3.63) is 90.0 Å². The quantitative estimate of drug-likeness (QED) is 0.558. The molecule has 1 aliphatic rings. The molecule has 0 N–H and O–H groups in total. The van der Waals surface area contributed by atoms with Gasteiger partial charge in [-0.25, -0.2) is 0 Å². The van der Waals surface area contributed by atoms with Crippen molar-refractivity contribution in [3.8, 4) is 0 Å². The van der Waals surface area contributed by atoms with Crippen molar-refractivity contribution >= 4 is 22.8 Å². The van der Waals surface area contributed by atoms with Crippen molar-refractivity contribution in [1.82, 2.24) is 4.90 Å². The van der Waals surface area contributed by atoms with Crippen molar-refractivity contribution < 1.29 is 4.79 Å². The van der Waals surface area contributed by atoms with Crippen molar-refractivity contribution in [2.45, 2.75) is 19.4 Å². The van der Waals surface area contributed by atoms with E-state index in [0.29, 0.717) is 12.5 Å². The lowest BCUT2D eigenvalue weighted by Gasteiger charge is -2.21. The Bertz CT molecular complexity index is 920. The lowest BCUT2D eigenvalue weighted by atomic mass is 10.0. The van der Waals surface area contributed by atoms with Crippen LogP contribution in [0.15, 0.2) is 78.9 Å². The minimum absolute atomic E-state index is 0.0914. The Morgan fingerprint density at radius 2 is 1.65 bits per heavy atom. The molecule has 1 saturated carbocycles. The van der Waals surface area contributed by atoms with Gasteiger partial charge in [-0.15, -0.1) is 0 Å². The average Bonchev–Trinajstić information content (AvgIpc) is 3.50. The minimum atomic E-state index is 0.0914. The van der Waals surface area contributed by atoms with Gasteiger partial charge in [-0.1, -0.05) is 72.8 Å². The molecule has 1 fully saturated rings. The Morgan fingerprint density at radius 3 is 2.46 bits per heavy atom. The van der Waals surface area contributed by atoms with Gasteiger partial charge in [0.2, 0.25) is 5.91 Å². The Balaban J connectivity index is 1.54. The second-order valence-electron chi connectivity index (χ2n) is 7.05. The molecule has 0 heterocycles. The van der Waals surface area contributed by atoms with Crippen LogP contribution in [0.4, 0.5) is 0 Å².